The maximum Gasteiger partial charge on any atom is 0.258 e. The first-order valence-corrected chi connectivity index (χ1v) is 9.25. The number of benzene rings is 3. The van der Waals surface area contributed by atoms with Crippen molar-refractivity contribution in [2.24, 2.45) is 0 Å². The number of hydrogen-bond donors (Lipinski definition) is 1. The van der Waals surface area contributed by atoms with Crippen LogP contribution in [0.4, 0.5) is 0 Å². The van der Waals surface area contributed by atoms with Crippen LogP contribution in [0.5, 0.6) is 17.2 Å². The number of aromatic amines is 1. The lowest BCUT2D eigenvalue weighted by Crippen LogP contribution is -1.92. The Kier molecular flexibility index (Phi) is 4.77. The van der Waals surface area contributed by atoms with Gasteiger partial charge in [0.05, 0.1) is 12.0 Å². The van der Waals surface area contributed by atoms with Gasteiger partial charge >= 0.3 is 0 Å². The molecule has 1 aromatic heterocycles. The summed E-state index contributed by atoms with van der Waals surface area (Å²) in [6.45, 7) is 0. The van der Waals surface area contributed by atoms with Gasteiger partial charge in [-0.25, -0.2) is 0 Å². The number of para-hydroxylation sites is 1. The van der Waals surface area contributed by atoms with Gasteiger partial charge in [0.1, 0.15) is 17.2 Å². The minimum absolute atomic E-state index is 0.105. The van der Waals surface area contributed by atoms with Gasteiger partial charge in [-0.15, -0.1) is 0 Å². The molecule has 0 fully saturated rings. The summed E-state index contributed by atoms with van der Waals surface area (Å²) in [6, 6.07) is 25.1. The van der Waals surface area contributed by atoms with E-state index in [1.165, 1.54) is 11.5 Å². The molecule has 0 saturated heterocycles. The lowest BCUT2D eigenvalue weighted by molar-refractivity contribution is 0.416. The van der Waals surface area contributed by atoms with Crippen molar-refractivity contribution in [3.8, 4) is 38.8 Å². The highest BCUT2D eigenvalue weighted by atomic mass is 32.1. The third-order valence-electron chi connectivity index (χ3n) is 4.14. The van der Waals surface area contributed by atoms with E-state index >= 15 is 0 Å². The van der Waals surface area contributed by atoms with Crippen LogP contribution < -0.4 is 15.0 Å². The predicted octanol–water partition coefficient (Wildman–Crippen LogP) is 5.57. The summed E-state index contributed by atoms with van der Waals surface area (Å²) >= 11 is 1.30. The molecular formula is C22H17NO3S. The quantitative estimate of drug-likeness (QED) is 0.496. The molecule has 4 rings (SSSR count). The maximum atomic E-state index is 11.4. The van der Waals surface area contributed by atoms with Crippen LogP contribution in [-0.4, -0.2) is 11.5 Å². The highest BCUT2D eigenvalue weighted by Crippen LogP contribution is 2.36. The minimum atomic E-state index is -0.105. The van der Waals surface area contributed by atoms with Crippen LogP contribution in [0.3, 0.4) is 0 Å². The van der Waals surface area contributed by atoms with Gasteiger partial charge in [-0.3, -0.25) is 9.17 Å². The second kappa shape index (κ2) is 7.51. The van der Waals surface area contributed by atoms with Gasteiger partial charge in [-0.1, -0.05) is 47.9 Å². The molecule has 134 valence electrons. The Morgan fingerprint density at radius 2 is 1.59 bits per heavy atom. The number of nitrogens with one attached hydrogen (secondary N) is 1. The number of methoxy groups -OCH3 is 1. The number of rotatable bonds is 5. The largest absolute Gasteiger partial charge is 0.496 e. The van der Waals surface area contributed by atoms with Gasteiger partial charge in [0.25, 0.3) is 5.56 Å². The second-order valence-corrected chi connectivity index (χ2v) is 6.78. The average Bonchev–Trinajstić information content (AvgIpc) is 3.14. The van der Waals surface area contributed by atoms with Gasteiger partial charge in [0.15, 0.2) is 0 Å². The van der Waals surface area contributed by atoms with Crippen LogP contribution >= 0.6 is 11.5 Å². The second-order valence-electron chi connectivity index (χ2n) is 5.93. The lowest BCUT2D eigenvalue weighted by atomic mass is 10.0. The van der Waals surface area contributed by atoms with Gasteiger partial charge < -0.3 is 9.47 Å². The summed E-state index contributed by atoms with van der Waals surface area (Å²) in [5.74, 6) is 2.28. The molecule has 0 bridgehead atoms. The van der Waals surface area contributed by atoms with Crippen LogP contribution in [0.25, 0.3) is 21.6 Å². The molecule has 0 aliphatic carbocycles. The van der Waals surface area contributed by atoms with Crippen LogP contribution in [0.1, 0.15) is 0 Å². The van der Waals surface area contributed by atoms with Crippen molar-refractivity contribution < 1.29 is 9.47 Å². The Morgan fingerprint density at radius 3 is 2.33 bits per heavy atom. The highest BCUT2D eigenvalue weighted by molar-refractivity contribution is 7.09. The summed E-state index contributed by atoms with van der Waals surface area (Å²) < 4.78 is 14.2. The van der Waals surface area contributed by atoms with E-state index in [9.17, 15) is 4.79 Å². The zero-order chi connectivity index (χ0) is 18.6. The minimum Gasteiger partial charge on any atom is -0.496 e. The van der Waals surface area contributed by atoms with Gasteiger partial charge in [0.2, 0.25) is 0 Å². The van der Waals surface area contributed by atoms with Crippen molar-refractivity contribution in [3.05, 3.63) is 89.2 Å². The maximum absolute atomic E-state index is 11.4. The molecule has 0 aliphatic heterocycles. The number of ether oxygens (including phenoxy) is 2. The zero-order valence-electron chi connectivity index (χ0n) is 14.6. The standard InChI is InChI=1S/C22H17NO3S/c1-25-20-13-16(10-11-19(20)21-14-22(24)23-27-21)15-6-5-9-18(12-15)26-17-7-3-2-4-8-17/h2-14H,1H3,(H,23,24). The average molecular weight is 375 g/mol. The molecule has 0 aliphatic rings. The molecule has 27 heavy (non-hydrogen) atoms. The molecule has 0 spiro atoms. The van der Waals surface area contributed by atoms with E-state index in [0.29, 0.717) is 0 Å². The lowest BCUT2D eigenvalue weighted by Gasteiger charge is -2.11. The molecule has 0 saturated carbocycles. The van der Waals surface area contributed by atoms with E-state index in [0.717, 1.165) is 38.8 Å². The molecular weight excluding hydrogens is 358 g/mol. The fourth-order valence-corrected chi connectivity index (χ4v) is 3.57. The first-order valence-electron chi connectivity index (χ1n) is 8.43. The zero-order valence-corrected chi connectivity index (χ0v) is 15.5. The smallest absolute Gasteiger partial charge is 0.258 e. The van der Waals surface area contributed by atoms with Crippen LogP contribution in [0.2, 0.25) is 0 Å². The summed E-state index contributed by atoms with van der Waals surface area (Å²) in [7, 11) is 1.63. The molecule has 0 amide bonds. The van der Waals surface area contributed by atoms with Crippen LogP contribution in [0, 0.1) is 0 Å². The normalized spacial score (nSPS) is 10.6. The SMILES string of the molecule is COc1cc(-c2cccc(Oc3ccccc3)c2)ccc1-c1cc(=O)[nH]s1. The fourth-order valence-electron chi connectivity index (χ4n) is 2.85. The van der Waals surface area contributed by atoms with Gasteiger partial charge in [-0.2, -0.15) is 0 Å². The summed E-state index contributed by atoms with van der Waals surface area (Å²) in [6.07, 6.45) is 0. The van der Waals surface area contributed by atoms with Crippen molar-refractivity contribution in [1.82, 2.24) is 4.37 Å². The molecule has 1 heterocycles. The van der Waals surface area contributed by atoms with E-state index in [4.69, 9.17) is 9.47 Å². The van der Waals surface area contributed by atoms with Crippen molar-refractivity contribution in [3.63, 3.8) is 0 Å². The summed E-state index contributed by atoms with van der Waals surface area (Å²) in [4.78, 5) is 12.3. The molecule has 4 aromatic rings. The van der Waals surface area contributed by atoms with E-state index < -0.39 is 0 Å². The molecule has 3 aromatic carbocycles. The number of hydrogen-bond acceptors (Lipinski definition) is 4. The van der Waals surface area contributed by atoms with Crippen molar-refractivity contribution in [2.75, 3.05) is 7.11 Å². The van der Waals surface area contributed by atoms with Crippen LogP contribution in [-0.2, 0) is 0 Å². The van der Waals surface area contributed by atoms with E-state index in [1.54, 1.807) is 13.2 Å². The highest BCUT2D eigenvalue weighted by Gasteiger charge is 2.11. The Balaban J connectivity index is 1.67. The first kappa shape index (κ1) is 17.1. The Morgan fingerprint density at radius 1 is 0.815 bits per heavy atom. The number of aromatic nitrogens is 1. The summed E-state index contributed by atoms with van der Waals surface area (Å²) in [5.41, 5.74) is 2.82. The fraction of sp³-hybridized carbons (Fsp3) is 0.0455. The third kappa shape index (κ3) is 3.78. The van der Waals surface area contributed by atoms with E-state index in [2.05, 4.69) is 4.37 Å². The van der Waals surface area contributed by atoms with Crippen LogP contribution in [0.15, 0.2) is 83.7 Å². The van der Waals surface area contributed by atoms with Crippen molar-refractivity contribution in [1.29, 1.82) is 0 Å². The predicted molar refractivity (Wildman–Crippen MR) is 109 cm³/mol. The molecule has 0 radical (unpaired) electrons. The topological polar surface area (TPSA) is 51.3 Å². The molecule has 0 unspecified atom stereocenters. The monoisotopic (exact) mass is 375 g/mol. The van der Waals surface area contributed by atoms with Crippen molar-refractivity contribution >= 4 is 11.5 Å². The Bertz CT molecular complexity index is 1120. The van der Waals surface area contributed by atoms with Gasteiger partial charge in [-0.05, 0) is 47.5 Å². The van der Waals surface area contributed by atoms with E-state index in [-0.39, 0.29) is 5.56 Å². The third-order valence-corrected chi connectivity index (χ3v) is 5.00. The Labute approximate surface area is 160 Å². The molecule has 4 nitrogen and oxygen atoms in total. The van der Waals surface area contributed by atoms with Crippen molar-refractivity contribution in [2.45, 2.75) is 0 Å². The van der Waals surface area contributed by atoms with Gasteiger partial charge in [0, 0.05) is 11.6 Å². The molecule has 0 atom stereocenters. The Hall–Kier alpha value is -3.31. The number of H-pyrrole nitrogens is 1. The van der Waals surface area contributed by atoms with E-state index in [1.807, 2.05) is 72.8 Å². The molecule has 5 heteroatoms. The molecule has 1 N–H and O–H groups in total. The first-order chi connectivity index (χ1) is 13.2. The summed E-state index contributed by atoms with van der Waals surface area (Å²) in [5, 5.41) is 0.